The summed E-state index contributed by atoms with van der Waals surface area (Å²) < 4.78 is 12.7. The summed E-state index contributed by atoms with van der Waals surface area (Å²) in [6.07, 6.45) is 0. The smallest absolute Gasteiger partial charge is 0.176 e. The van der Waals surface area contributed by atoms with Crippen LogP contribution < -0.4 is 9.47 Å². The first-order valence-electron chi connectivity index (χ1n) is 7.53. The second kappa shape index (κ2) is 7.68. The van der Waals surface area contributed by atoms with Crippen molar-refractivity contribution in [3.05, 3.63) is 48.0 Å². The third-order valence-corrected chi connectivity index (χ3v) is 5.55. The van der Waals surface area contributed by atoms with Crippen LogP contribution in [0.15, 0.2) is 46.8 Å². The largest absolute Gasteiger partial charge is 0.496 e. The Morgan fingerprint density at radius 3 is 2.88 bits per heavy atom. The van der Waals surface area contributed by atoms with E-state index in [9.17, 15) is 4.79 Å². The van der Waals surface area contributed by atoms with E-state index in [-0.39, 0.29) is 5.78 Å². The Bertz CT molecular complexity index is 860. The van der Waals surface area contributed by atoms with E-state index in [0.717, 1.165) is 20.3 Å². The molecule has 4 nitrogen and oxygen atoms in total. The lowest BCUT2D eigenvalue weighted by atomic mass is 10.1. The molecule has 0 bridgehead atoms. The van der Waals surface area contributed by atoms with Crippen LogP contribution in [0.1, 0.15) is 17.3 Å². The van der Waals surface area contributed by atoms with Gasteiger partial charge in [-0.1, -0.05) is 23.9 Å². The molecule has 3 aromatic rings. The number of carbonyl (C=O) groups is 1. The van der Waals surface area contributed by atoms with Crippen molar-refractivity contribution in [2.45, 2.75) is 11.3 Å². The minimum absolute atomic E-state index is 0.0340. The summed E-state index contributed by atoms with van der Waals surface area (Å²) in [4.78, 5) is 17.0. The van der Waals surface area contributed by atoms with Gasteiger partial charge in [-0.2, -0.15) is 0 Å². The van der Waals surface area contributed by atoms with E-state index in [1.54, 1.807) is 30.6 Å². The number of ketones is 1. The Balaban J connectivity index is 1.72. The van der Waals surface area contributed by atoms with Gasteiger partial charge in [0.25, 0.3) is 0 Å². The molecule has 0 spiro atoms. The third kappa shape index (κ3) is 3.71. The van der Waals surface area contributed by atoms with Gasteiger partial charge in [0.15, 0.2) is 10.1 Å². The number of ether oxygens (including phenoxy) is 2. The van der Waals surface area contributed by atoms with E-state index in [1.165, 1.54) is 11.8 Å². The monoisotopic (exact) mass is 359 g/mol. The molecule has 2 aromatic carbocycles. The number of hydrogen-bond acceptors (Lipinski definition) is 6. The maximum atomic E-state index is 12.4. The fourth-order valence-corrected chi connectivity index (χ4v) is 4.26. The molecule has 1 heterocycles. The summed E-state index contributed by atoms with van der Waals surface area (Å²) in [7, 11) is 1.57. The Hall–Kier alpha value is -2.05. The minimum Gasteiger partial charge on any atom is -0.496 e. The number of thioether (sulfide) groups is 1. The summed E-state index contributed by atoms with van der Waals surface area (Å²) in [5.41, 5.74) is 1.53. The van der Waals surface area contributed by atoms with E-state index in [2.05, 4.69) is 4.98 Å². The van der Waals surface area contributed by atoms with E-state index >= 15 is 0 Å². The first-order valence-corrected chi connectivity index (χ1v) is 9.34. The van der Waals surface area contributed by atoms with Crippen LogP contribution in [0.4, 0.5) is 0 Å². The molecule has 0 atom stereocenters. The lowest BCUT2D eigenvalue weighted by molar-refractivity contribution is 0.101. The highest BCUT2D eigenvalue weighted by Gasteiger charge is 2.13. The van der Waals surface area contributed by atoms with Crippen molar-refractivity contribution in [1.29, 1.82) is 0 Å². The zero-order valence-corrected chi connectivity index (χ0v) is 15.1. The number of nitrogens with zero attached hydrogens (tertiary/aromatic N) is 1. The number of methoxy groups -OCH3 is 1. The summed E-state index contributed by atoms with van der Waals surface area (Å²) in [5, 5.41) is 0. The second-order valence-electron chi connectivity index (χ2n) is 4.95. The summed E-state index contributed by atoms with van der Waals surface area (Å²) in [6, 6.07) is 13.1. The predicted molar refractivity (Wildman–Crippen MR) is 98.8 cm³/mol. The number of benzene rings is 2. The minimum atomic E-state index is 0.0340. The molecule has 0 fully saturated rings. The third-order valence-electron chi connectivity index (χ3n) is 3.39. The molecule has 0 aliphatic rings. The molecular formula is C18H17NO3S2. The van der Waals surface area contributed by atoms with Crippen molar-refractivity contribution < 1.29 is 14.3 Å². The average molecular weight is 359 g/mol. The van der Waals surface area contributed by atoms with Gasteiger partial charge in [-0.15, -0.1) is 11.3 Å². The Labute approximate surface area is 148 Å². The Morgan fingerprint density at radius 2 is 2.08 bits per heavy atom. The highest BCUT2D eigenvalue weighted by atomic mass is 32.2. The molecule has 0 amide bonds. The van der Waals surface area contributed by atoms with Crippen molar-refractivity contribution in [2.75, 3.05) is 19.5 Å². The zero-order valence-electron chi connectivity index (χ0n) is 13.4. The second-order valence-corrected chi connectivity index (χ2v) is 7.21. The van der Waals surface area contributed by atoms with Crippen LogP contribution in [-0.4, -0.2) is 30.2 Å². The number of hydrogen-bond donors (Lipinski definition) is 0. The molecule has 1 aromatic heterocycles. The van der Waals surface area contributed by atoms with Crippen LogP contribution in [0.25, 0.3) is 10.2 Å². The van der Waals surface area contributed by atoms with Gasteiger partial charge in [0.1, 0.15) is 11.5 Å². The SMILES string of the molecule is CCOc1ccc2nc(SCC(=O)c3ccccc3OC)sc2c1. The van der Waals surface area contributed by atoms with Gasteiger partial charge in [0.05, 0.1) is 35.2 Å². The lowest BCUT2D eigenvalue weighted by Gasteiger charge is -2.06. The number of para-hydroxylation sites is 1. The summed E-state index contributed by atoms with van der Waals surface area (Å²) in [6.45, 7) is 2.60. The van der Waals surface area contributed by atoms with Crippen LogP contribution in [-0.2, 0) is 0 Å². The summed E-state index contributed by atoms with van der Waals surface area (Å²) >= 11 is 3.02. The fourth-order valence-electron chi connectivity index (χ4n) is 2.28. The normalized spacial score (nSPS) is 10.8. The zero-order chi connectivity index (χ0) is 16.9. The van der Waals surface area contributed by atoms with Crippen LogP contribution in [0.5, 0.6) is 11.5 Å². The van der Waals surface area contributed by atoms with Crippen LogP contribution >= 0.6 is 23.1 Å². The van der Waals surface area contributed by atoms with Gasteiger partial charge >= 0.3 is 0 Å². The maximum absolute atomic E-state index is 12.4. The molecule has 124 valence electrons. The van der Waals surface area contributed by atoms with Gasteiger partial charge in [0.2, 0.25) is 0 Å². The average Bonchev–Trinajstić information content (AvgIpc) is 3.02. The van der Waals surface area contributed by atoms with Gasteiger partial charge < -0.3 is 9.47 Å². The molecule has 0 N–H and O–H groups in total. The van der Waals surface area contributed by atoms with Crippen molar-refractivity contribution in [3.8, 4) is 11.5 Å². The van der Waals surface area contributed by atoms with Crippen LogP contribution in [0.2, 0.25) is 0 Å². The van der Waals surface area contributed by atoms with Crippen LogP contribution in [0.3, 0.4) is 0 Å². The number of thiazole rings is 1. The van der Waals surface area contributed by atoms with Gasteiger partial charge in [-0.3, -0.25) is 4.79 Å². The van der Waals surface area contributed by atoms with E-state index in [1.807, 2.05) is 37.3 Å². The predicted octanol–water partition coefficient (Wildman–Crippen LogP) is 4.68. The highest BCUT2D eigenvalue weighted by Crippen LogP contribution is 2.32. The molecule has 3 rings (SSSR count). The van der Waals surface area contributed by atoms with E-state index in [4.69, 9.17) is 9.47 Å². The quantitative estimate of drug-likeness (QED) is 0.453. The molecule has 0 aliphatic heterocycles. The van der Waals surface area contributed by atoms with Crippen molar-refractivity contribution in [1.82, 2.24) is 4.98 Å². The van der Waals surface area contributed by atoms with Gasteiger partial charge in [-0.25, -0.2) is 4.98 Å². The van der Waals surface area contributed by atoms with Crippen molar-refractivity contribution in [3.63, 3.8) is 0 Å². The standard InChI is InChI=1S/C18H17NO3S2/c1-3-22-12-8-9-14-17(10-12)24-18(19-14)23-11-15(20)13-6-4-5-7-16(13)21-2/h4-10H,3,11H2,1-2H3. The number of carbonyl (C=O) groups excluding carboxylic acids is 1. The maximum Gasteiger partial charge on any atom is 0.176 e. The molecule has 24 heavy (non-hydrogen) atoms. The van der Waals surface area contributed by atoms with Crippen molar-refractivity contribution in [2.24, 2.45) is 0 Å². The Kier molecular flexibility index (Phi) is 5.37. The molecule has 0 saturated carbocycles. The van der Waals surface area contributed by atoms with E-state index in [0.29, 0.717) is 23.7 Å². The van der Waals surface area contributed by atoms with Gasteiger partial charge in [0, 0.05) is 0 Å². The molecule has 0 radical (unpaired) electrons. The number of fused-ring (bicyclic) bond motifs is 1. The molecular weight excluding hydrogens is 342 g/mol. The van der Waals surface area contributed by atoms with Crippen LogP contribution in [0, 0.1) is 0 Å². The topological polar surface area (TPSA) is 48.4 Å². The van der Waals surface area contributed by atoms with Crippen molar-refractivity contribution >= 4 is 39.1 Å². The number of rotatable bonds is 7. The highest BCUT2D eigenvalue weighted by molar-refractivity contribution is 8.01. The fraction of sp³-hybridized carbons (Fsp3) is 0.222. The molecule has 0 saturated heterocycles. The first kappa shape index (κ1) is 16.8. The Morgan fingerprint density at radius 1 is 1.25 bits per heavy atom. The molecule has 0 aliphatic carbocycles. The number of Topliss-reactive ketones (excluding diaryl/α,β-unsaturated/α-hetero) is 1. The number of aromatic nitrogens is 1. The molecule has 0 unspecified atom stereocenters. The first-order chi connectivity index (χ1) is 11.7. The molecule has 6 heteroatoms. The summed E-state index contributed by atoms with van der Waals surface area (Å²) in [5.74, 6) is 1.81. The lowest BCUT2D eigenvalue weighted by Crippen LogP contribution is -2.04. The van der Waals surface area contributed by atoms with E-state index < -0.39 is 0 Å². The van der Waals surface area contributed by atoms with Gasteiger partial charge in [-0.05, 0) is 37.3 Å².